The first-order valence-corrected chi connectivity index (χ1v) is 5.76. The van der Waals surface area contributed by atoms with Gasteiger partial charge in [0.1, 0.15) is 5.78 Å². The van der Waals surface area contributed by atoms with Crippen LogP contribution in [0.2, 0.25) is 0 Å². The maximum Gasteiger partial charge on any atom is 0.416 e. The molecule has 0 radical (unpaired) electrons. The molecular weight excluding hydrogens is 241 g/mol. The molecule has 0 saturated heterocycles. The van der Waals surface area contributed by atoms with Crippen molar-refractivity contribution in [3.63, 3.8) is 0 Å². The van der Waals surface area contributed by atoms with Gasteiger partial charge in [-0.15, -0.1) is 0 Å². The number of ketones is 1. The Morgan fingerprint density at radius 3 is 2.00 bits per heavy atom. The summed E-state index contributed by atoms with van der Waals surface area (Å²) in [6.07, 6.45) is -3.29. The highest BCUT2D eigenvalue weighted by Crippen LogP contribution is 2.31. The fourth-order valence-electron chi connectivity index (χ4n) is 2.10. The zero-order valence-electron chi connectivity index (χ0n) is 10.8. The number of Topliss-reactive ketones (excluding diaryl/α,β-unsaturated/α-hetero) is 1. The van der Waals surface area contributed by atoms with Crippen molar-refractivity contribution >= 4 is 5.78 Å². The molecule has 0 bridgehead atoms. The van der Waals surface area contributed by atoms with Crippen molar-refractivity contribution in [1.82, 2.24) is 0 Å². The third-order valence-electron chi connectivity index (χ3n) is 2.69. The van der Waals surface area contributed by atoms with Crippen LogP contribution in [-0.2, 0) is 17.4 Å². The molecule has 1 rings (SSSR count). The maximum atomic E-state index is 12.4. The number of benzene rings is 1. The van der Waals surface area contributed by atoms with E-state index in [4.69, 9.17) is 0 Å². The number of carbonyl (C=O) groups is 1. The molecule has 0 saturated carbocycles. The molecule has 0 aliphatic heterocycles. The van der Waals surface area contributed by atoms with Crippen molar-refractivity contribution in [1.29, 1.82) is 0 Å². The SMILES string of the molecule is CC(=O)CC(C)(C)Cc1ccc(C(F)(F)F)cc1. The van der Waals surface area contributed by atoms with Gasteiger partial charge >= 0.3 is 6.18 Å². The Labute approximate surface area is 105 Å². The highest BCUT2D eigenvalue weighted by molar-refractivity contribution is 5.76. The van der Waals surface area contributed by atoms with E-state index in [1.54, 1.807) is 0 Å². The smallest absolute Gasteiger partial charge is 0.300 e. The van der Waals surface area contributed by atoms with E-state index in [0.717, 1.165) is 17.7 Å². The predicted octanol–water partition coefficient (Wildman–Crippen LogP) is 4.25. The topological polar surface area (TPSA) is 17.1 Å². The van der Waals surface area contributed by atoms with Crippen LogP contribution < -0.4 is 0 Å². The summed E-state index contributed by atoms with van der Waals surface area (Å²) in [5, 5.41) is 0. The molecule has 1 aromatic rings. The minimum absolute atomic E-state index is 0.0897. The predicted molar refractivity (Wildman–Crippen MR) is 64.2 cm³/mol. The van der Waals surface area contributed by atoms with Crippen LogP contribution in [0, 0.1) is 5.41 Å². The van der Waals surface area contributed by atoms with Crippen molar-refractivity contribution in [2.24, 2.45) is 5.41 Å². The standard InChI is InChI=1S/C14H17F3O/c1-10(18)8-13(2,3)9-11-4-6-12(7-5-11)14(15,16)17/h4-7H,8-9H2,1-3H3. The van der Waals surface area contributed by atoms with Crippen LogP contribution in [0.4, 0.5) is 13.2 Å². The molecule has 1 aromatic carbocycles. The van der Waals surface area contributed by atoms with Crippen LogP contribution >= 0.6 is 0 Å². The second-order valence-electron chi connectivity index (χ2n) is 5.41. The average molecular weight is 258 g/mol. The molecule has 0 amide bonds. The summed E-state index contributed by atoms with van der Waals surface area (Å²) in [6.45, 7) is 5.40. The van der Waals surface area contributed by atoms with Crippen LogP contribution in [0.5, 0.6) is 0 Å². The number of carbonyl (C=O) groups excluding carboxylic acids is 1. The van der Waals surface area contributed by atoms with Gasteiger partial charge in [-0.25, -0.2) is 0 Å². The Morgan fingerprint density at radius 1 is 1.11 bits per heavy atom. The second-order valence-corrected chi connectivity index (χ2v) is 5.41. The number of hydrogen-bond donors (Lipinski definition) is 0. The van der Waals surface area contributed by atoms with Gasteiger partial charge in [-0.2, -0.15) is 13.2 Å². The lowest BCUT2D eigenvalue weighted by Gasteiger charge is -2.23. The quantitative estimate of drug-likeness (QED) is 0.789. The largest absolute Gasteiger partial charge is 0.416 e. The van der Waals surface area contributed by atoms with Gasteiger partial charge < -0.3 is 4.79 Å². The summed E-state index contributed by atoms with van der Waals surface area (Å²) in [7, 11) is 0. The van der Waals surface area contributed by atoms with Crippen LogP contribution in [-0.4, -0.2) is 5.78 Å². The van der Waals surface area contributed by atoms with Crippen molar-refractivity contribution in [3.05, 3.63) is 35.4 Å². The molecule has 0 heterocycles. The van der Waals surface area contributed by atoms with Crippen molar-refractivity contribution in [2.45, 2.75) is 39.8 Å². The van der Waals surface area contributed by atoms with Crippen molar-refractivity contribution < 1.29 is 18.0 Å². The Balaban J connectivity index is 2.78. The van der Waals surface area contributed by atoms with Gasteiger partial charge in [0.15, 0.2) is 0 Å². The summed E-state index contributed by atoms with van der Waals surface area (Å²) in [5.74, 6) is 0.0897. The molecule has 0 fully saturated rings. The minimum Gasteiger partial charge on any atom is -0.300 e. The molecule has 0 aromatic heterocycles. The van der Waals surface area contributed by atoms with Crippen molar-refractivity contribution in [2.75, 3.05) is 0 Å². The average Bonchev–Trinajstić information content (AvgIpc) is 2.13. The molecule has 0 unspecified atom stereocenters. The van der Waals surface area contributed by atoms with E-state index in [9.17, 15) is 18.0 Å². The van der Waals surface area contributed by atoms with E-state index in [1.807, 2.05) is 13.8 Å². The van der Waals surface area contributed by atoms with Gasteiger partial charge in [0, 0.05) is 6.42 Å². The Bertz CT molecular complexity index is 416. The molecule has 0 spiro atoms. The minimum atomic E-state index is -4.30. The third-order valence-corrected chi connectivity index (χ3v) is 2.69. The number of rotatable bonds is 4. The third kappa shape index (κ3) is 4.51. The van der Waals surface area contributed by atoms with Crippen LogP contribution in [0.1, 0.15) is 38.3 Å². The lowest BCUT2D eigenvalue weighted by Crippen LogP contribution is -2.18. The second kappa shape index (κ2) is 5.12. The fourth-order valence-corrected chi connectivity index (χ4v) is 2.10. The van der Waals surface area contributed by atoms with Gasteiger partial charge in [-0.1, -0.05) is 26.0 Å². The Morgan fingerprint density at radius 2 is 1.61 bits per heavy atom. The highest BCUT2D eigenvalue weighted by Gasteiger charge is 2.30. The van der Waals surface area contributed by atoms with Gasteiger partial charge in [0.25, 0.3) is 0 Å². The first-order chi connectivity index (χ1) is 8.10. The Kier molecular flexibility index (Phi) is 4.20. The first kappa shape index (κ1) is 14.7. The summed E-state index contributed by atoms with van der Waals surface area (Å²) < 4.78 is 37.2. The van der Waals surface area contributed by atoms with E-state index in [0.29, 0.717) is 12.8 Å². The van der Waals surface area contributed by atoms with E-state index >= 15 is 0 Å². The molecular formula is C14H17F3O. The summed E-state index contributed by atoms with van der Waals surface area (Å²) in [6, 6.07) is 5.12. The molecule has 0 aliphatic carbocycles. The summed E-state index contributed by atoms with van der Waals surface area (Å²) in [4.78, 5) is 11.1. The fraction of sp³-hybridized carbons (Fsp3) is 0.500. The van der Waals surface area contributed by atoms with Gasteiger partial charge in [-0.05, 0) is 36.5 Å². The molecule has 18 heavy (non-hydrogen) atoms. The Hall–Kier alpha value is -1.32. The molecule has 100 valence electrons. The monoisotopic (exact) mass is 258 g/mol. The molecule has 4 heteroatoms. The van der Waals surface area contributed by atoms with Crippen LogP contribution in [0.25, 0.3) is 0 Å². The van der Waals surface area contributed by atoms with Gasteiger partial charge in [-0.3, -0.25) is 0 Å². The zero-order chi connectivity index (χ0) is 14.0. The van der Waals surface area contributed by atoms with E-state index < -0.39 is 11.7 Å². The molecule has 0 N–H and O–H groups in total. The summed E-state index contributed by atoms with van der Waals surface area (Å²) in [5.41, 5.74) is -0.0594. The lowest BCUT2D eigenvalue weighted by atomic mass is 9.81. The summed E-state index contributed by atoms with van der Waals surface area (Å²) >= 11 is 0. The first-order valence-electron chi connectivity index (χ1n) is 5.76. The maximum absolute atomic E-state index is 12.4. The van der Waals surface area contributed by atoms with Gasteiger partial charge in [0.2, 0.25) is 0 Å². The van der Waals surface area contributed by atoms with Crippen LogP contribution in [0.15, 0.2) is 24.3 Å². The lowest BCUT2D eigenvalue weighted by molar-refractivity contribution is -0.137. The van der Waals surface area contributed by atoms with Gasteiger partial charge in [0.05, 0.1) is 5.56 Å². The molecule has 0 atom stereocenters. The van der Waals surface area contributed by atoms with E-state index in [2.05, 4.69) is 0 Å². The molecule has 1 nitrogen and oxygen atoms in total. The number of halogens is 3. The van der Waals surface area contributed by atoms with E-state index in [1.165, 1.54) is 19.1 Å². The zero-order valence-corrected chi connectivity index (χ0v) is 10.8. The molecule has 0 aliphatic rings. The normalized spacial score (nSPS) is 12.6. The highest BCUT2D eigenvalue weighted by atomic mass is 19.4. The van der Waals surface area contributed by atoms with E-state index in [-0.39, 0.29) is 11.2 Å². The number of alkyl halides is 3. The van der Waals surface area contributed by atoms with Crippen molar-refractivity contribution in [3.8, 4) is 0 Å². The number of hydrogen-bond acceptors (Lipinski definition) is 1. The van der Waals surface area contributed by atoms with Crippen LogP contribution in [0.3, 0.4) is 0 Å².